The molecule has 0 saturated heterocycles. The summed E-state index contributed by atoms with van der Waals surface area (Å²) in [5, 5.41) is 23.4. The van der Waals surface area contributed by atoms with Crippen LogP contribution in [0.2, 0.25) is 0 Å². The Morgan fingerprint density at radius 3 is 1.90 bits per heavy atom. The molecule has 0 spiro atoms. The molecule has 0 atom stereocenters. The SMILES string of the molecule is CCn1nc(-c2ccc(O)cc2)cc1-c1ccc(O)cc1. The predicted molar refractivity (Wildman–Crippen MR) is 82.1 cm³/mol. The lowest BCUT2D eigenvalue weighted by Gasteiger charge is -2.04. The van der Waals surface area contributed by atoms with Crippen LogP contribution in [0.4, 0.5) is 0 Å². The fourth-order valence-electron chi connectivity index (χ4n) is 2.30. The van der Waals surface area contributed by atoms with Crippen molar-refractivity contribution in [1.82, 2.24) is 9.78 Å². The fraction of sp³-hybridized carbons (Fsp3) is 0.118. The number of phenolic OH excluding ortho intramolecular Hbond substituents is 2. The van der Waals surface area contributed by atoms with Crippen molar-refractivity contribution in [3.63, 3.8) is 0 Å². The average molecular weight is 280 g/mol. The van der Waals surface area contributed by atoms with E-state index in [2.05, 4.69) is 5.10 Å². The quantitative estimate of drug-likeness (QED) is 0.770. The zero-order valence-corrected chi connectivity index (χ0v) is 11.7. The van der Waals surface area contributed by atoms with Crippen molar-refractivity contribution in [3.8, 4) is 34.0 Å². The highest BCUT2D eigenvalue weighted by molar-refractivity contribution is 5.69. The van der Waals surface area contributed by atoms with Gasteiger partial charge in [-0.1, -0.05) is 0 Å². The van der Waals surface area contributed by atoms with Gasteiger partial charge in [0.05, 0.1) is 11.4 Å². The highest BCUT2D eigenvalue weighted by atomic mass is 16.3. The van der Waals surface area contributed by atoms with Crippen molar-refractivity contribution in [3.05, 3.63) is 54.6 Å². The van der Waals surface area contributed by atoms with Crippen molar-refractivity contribution in [2.75, 3.05) is 0 Å². The van der Waals surface area contributed by atoms with Crippen LogP contribution in [-0.4, -0.2) is 20.0 Å². The van der Waals surface area contributed by atoms with Gasteiger partial charge in [0.25, 0.3) is 0 Å². The van der Waals surface area contributed by atoms with Gasteiger partial charge in [-0.15, -0.1) is 0 Å². The van der Waals surface area contributed by atoms with Crippen molar-refractivity contribution in [1.29, 1.82) is 0 Å². The third kappa shape index (κ3) is 2.60. The number of benzene rings is 2. The number of aromatic hydroxyl groups is 2. The first-order valence-corrected chi connectivity index (χ1v) is 6.84. The second-order valence-corrected chi connectivity index (χ2v) is 4.82. The van der Waals surface area contributed by atoms with E-state index in [9.17, 15) is 10.2 Å². The third-order valence-corrected chi connectivity index (χ3v) is 3.41. The summed E-state index contributed by atoms with van der Waals surface area (Å²) in [4.78, 5) is 0. The Balaban J connectivity index is 2.05. The maximum Gasteiger partial charge on any atom is 0.115 e. The Kier molecular flexibility index (Phi) is 3.36. The maximum atomic E-state index is 9.39. The van der Waals surface area contributed by atoms with E-state index in [1.165, 1.54) is 0 Å². The van der Waals surface area contributed by atoms with Gasteiger partial charge in [-0.25, -0.2) is 0 Å². The Morgan fingerprint density at radius 2 is 1.38 bits per heavy atom. The smallest absolute Gasteiger partial charge is 0.115 e. The van der Waals surface area contributed by atoms with Crippen LogP contribution in [0.5, 0.6) is 11.5 Å². The zero-order valence-electron chi connectivity index (χ0n) is 11.7. The third-order valence-electron chi connectivity index (χ3n) is 3.41. The van der Waals surface area contributed by atoms with Gasteiger partial charge >= 0.3 is 0 Å². The van der Waals surface area contributed by atoms with Crippen LogP contribution < -0.4 is 0 Å². The molecule has 0 aliphatic carbocycles. The molecule has 0 radical (unpaired) electrons. The van der Waals surface area contributed by atoms with Gasteiger partial charge in [-0.05, 0) is 61.5 Å². The Hall–Kier alpha value is -2.75. The van der Waals surface area contributed by atoms with Gasteiger partial charge in [0.15, 0.2) is 0 Å². The first kappa shape index (κ1) is 13.2. The number of hydrogen-bond acceptors (Lipinski definition) is 3. The van der Waals surface area contributed by atoms with Crippen molar-refractivity contribution < 1.29 is 10.2 Å². The summed E-state index contributed by atoms with van der Waals surface area (Å²) in [6, 6.07) is 16.1. The Labute approximate surface area is 122 Å². The van der Waals surface area contributed by atoms with Crippen LogP contribution >= 0.6 is 0 Å². The highest BCUT2D eigenvalue weighted by Crippen LogP contribution is 2.28. The lowest BCUT2D eigenvalue weighted by Crippen LogP contribution is -1.98. The number of phenols is 2. The number of rotatable bonds is 3. The van der Waals surface area contributed by atoms with Crippen molar-refractivity contribution >= 4 is 0 Å². The predicted octanol–water partition coefficient (Wildman–Crippen LogP) is 3.65. The van der Waals surface area contributed by atoms with Crippen molar-refractivity contribution in [2.24, 2.45) is 0 Å². The molecule has 0 amide bonds. The summed E-state index contributed by atoms with van der Waals surface area (Å²) in [5.74, 6) is 0.493. The number of hydrogen-bond donors (Lipinski definition) is 2. The molecule has 3 rings (SSSR count). The molecule has 0 saturated carbocycles. The molecule has 2 N–H and O–H groups in total. The van der Waals surface area contributed by atoms with Gasteiger partial charge in [0.2, 0.25) is 0 Å². The van der Waals surface area contributed by atoms with Gasteiger partial charge in [-0.3, -0.25) is 4.68 Å². The van der Waals surface area contributed by atoms with Gasteiger partial charge in [0, 0.05) is 17.7 Å². The van der Waals surface area contributed by atoms with Crippen molar-refractivity contribution in [2.45, 2.75) is 13.5 Å². The molecular weight excluding hydrogens is 264 g/mol. The van der Waals surface area contributed by atoms with Gasteiger partial charge < -0.3 is 10.2 Å². The molecule has 0 aliphatic rings. The molecule has 0 aliphatic heterocycles. The summed E-state index contributed by atoms with van der Waals surface area (Å²) < 4.78 is 1.93. The first-order valence-electron chi connectivity index (χ1n) is 6.84. The molecule has 2 aromatic carbocycles. The largest absolute Gasteiger partial charge is 0.508 e. The molecule has 1 heterocycles. The monoisotopic (exact) mass is 280 g/mol. The summed E-state index contributed by atoms with van der Waals surface area (Å²) in [6.07, 6.45) is 0. The number of aromatic nitrogens is 2. The van der Waals surface area contributed by atoms with Crippen LogP contribution in [-0.2, 0) is 6.54 Å². The van der Waals surface area contributed by atoms with E-state index in [0.29, 0.717) is 0 Å². The van der Waals surface area contributed by atoms with E-state index in [1.54, 1.807) is 24.3 Å². The van der Waals surface area contributed by atoms with Crippen LogP contribution in [0.25, 0.3) is 22.5 Å². The molecule has 4 nitrogen and oxygen atoms in total. The molecular formula is C17H16N2O2. The first-order chi connectivity index (χ1) is 10.2. The molecule has 0 unspecified atom stereocenters. The molecule has 3 aromatic rings. The normalized spacial score (nSPS) is 10.7. The van der Waals surface area contributed by atoms with Crippen LogP contribution in [0.15, 0.2) is 54.6 Å². The summed E-state index contributed by atoms with van der Waals surface area (Å²) in [6.45, 7) is 2.80. The maximum absolute atomic E-state index is 9.39. The minimum atomic E-state index is 0.243. The van der Waals surface area contributed by atoms with Crippen LogP contribution in [0.3, 0.4) is 0 Å². The molecule has 4 heteroatoms. The molecule has 21 heavy (non-hydrogen) atoms. The minimum Gasteiger partial charge on any atom is -0.508 e. The summed E-state index contributed by atoms with van der Waals surface area (Å²) in [5.41, 5.74) is 3.83. The summed E-state index contributed by atoms with van der Waals surface area (Å²) in [7, 11) is 0. The lowest BCUT2D eigenvalue weighted by atomic mass is 10.1. The fourth-order valence-corrected chi connectivity index (χ4v) is 2.30. The van der Waals surface area contributed by atoms with E-state index >= 15 is 0 Å². The molecule has 106 valence electrons. The zero-order chi connectivity index (χ0) is 14.8. The minimum absolute atomic E-state index is 0.243. The molecule has 0 bridgehead atoms. The van der Waals surface area contributed by atoms with E-state index < -0.39 is 0 Å². The lowest BCUT2D eigenvalue weighted by molar-refractivity contribution is 0.475. The topological polar surface area (TPSA) is 58.3 Å². The van der Waals surface area contributed by atoms with Crippen LogP contribution in [0, 0.1) is 0 Å². The Morgan fingerprint density at radius 1 is 0.857 bits per heavy atom. The Bertz CT molecular complexity index is 743. The van der Waals surface area contributed by atoms with E-state index in [1.807, 2.05) is 41.9 Å². The molecule has 1 aromatic heterocycles. The van der Waals surface area contributed by atoms with Gasteiger partial charge in [-0.2, -0.15) is 5.10 Å². The summed E-state index contributed by atoms with van der Waals surface area (Å²) >= 11 is 0. The van der Waals surface area contributed by atoms with E-state index in [4.69, 9.17) is 0 Å². The standard InChI is InChI=1S/C17H16N2O2/c1-2-19-17(13-5-9-15(21)10-6-13)11-16(18-19)12-3-7-14(20)8-4-12/h3-11,20-21H,2H2,1H3. The average Bonchev–Trinajstić information content (AvgIpc) is 2.93. The second kappa shape index (κ2) is 5.32. The van der Waals surface area contributed by atoms with E-state index in [0.717, 1.165) is 29.1 Å². The van der Waals surface area contributed by atoms with E-state index in [-0.39, 0.29) is 11.5 Å². The van der Waals surface area contributed by atoms with Gasteiger partial charge in [0.1, 0.15) is 11.5 Å². The second-order valence-electron chi connectivity index (χ2n) is 4.82. The number of nitrogens with zero attached hydrogens (tertiary/aromatic N) is 2. The number of aryl methyl sites for hydroxylation is 1. The highest BCUT2D eigenvalue weighted by Gasteiger charge is 2.10. The molecule has 0 fully saturated rings. The van der Waals surface area contributed by atoms with Crippen LogP contribution in [0.1, 0.15) is 6.92 Å².